The third-order valence-corrected chi connectivity index (χ3v) is 4.45. The highest BCUT2D eigenvalue weighted by Gasteiger charge is 2.26. The second-order valence-electron chi connectivity index (χ2n) is 6.25. The second kappa shape index (κ2) is 6.95. The molecule has 2 aromatic heterocycles. The average molecular weight is 348 g/mol. The molecule has 26 heavy (non-hydrogen) atoms. The SMILES string of the molecule is Cc1cc(C(=O)N2CCN(c3ncccn3)CC2)n(-c2ccccc2)n1. The van der Waals surface area contributed by atoms with Crippen molar-refractivity contribution < 1.29 is 4.79 Å². The molecule has 7 heteroatoms. The van der Waals surface area contributed by atoms with Crippen molar-refractivity contribution in [1.82, 2.24) is 24.6 Å². The zero-order valence-corrected chi connectivity index (χ0v) is 14.6. The molecule has 4 rings (SSSR count). The number of para-hydroxylation sites is 1. The number of amides is 1. The Hall–Kier alpha value is -3.22. The first-order valence-electron chi connectivity index (χ1n) is 8.66. The first-order chi connectivity index (χ1) is 12.7. The summed E-state index contributed by atoms with van der Waals surface area (Å²) in [6.07, 6.45) is 3.47. The van der Waals surface area contributed by atoms with Gasteiger partial charge in [0.2, 0.25) is 5.95 Å². The molecule has 1 fully saturated rings. The summed E-state index contributed by atoms with van der Waals surface area (Å²) in [6, 6.07) is 13.4. The summed E-state index contributed by atoms with van der Waals surface area (Å²) in [5, 5.41) is 4.50. The largest absolute Gasteiger partial charge is 0.337 e. The second-order valence-corrected chi connectivity index (χ2v) is 6.25. The summed E-state index contributed by atoms with van der Waals surface area (Å²) >= 11 is 0. The number of rotatable bonds is 3. The molecular formula is C19H20N6O. The summed E-state index contributed by atoms with van der Waals surface area (Å²) in [4.78, 5) is 25.6. The number of anilines is 1. The Balaban J connectivity index is 1.51. The van der Waals surface area contributed by atoms with Gasteiger partial charge in [-0.05, 0) is 31.2 Å². The number of hydrogen-bond acceptors (Lipinski definition) is 5. The zero-order valence-electron chi connectivity index (χ0n) is 14.6. The van der Waals surface area contributed by atoms with Gasteiger partial charge in [-0.2, -0.15) is 5.10 Å². The maximum atomic E-state index is 13.1. The van der Waals surface area contributed by atoms with Crippen LogP contribution in [0.2, 0.25) is 0 Å². The van der Waals surface area contributed by atoms with Crippen LogP contribution < -0.4 is 4.90 Å². The van der Waals surface area contributed by atoms with E-state index in [0.29, 0.717) is 37.8 Å². The first-order valence-corrected chi connectivity index (χ1v) is 8.66. The Labute approximate surface area is 151 Å². The van der Waals surface area contributed by atoms with Gasteiger partial charge in [-0.3, -0.25) is 4.79 Å². The van der Waals surface area contributed by atoms with Crippen LogP contribution in [0.15, 0.2) is 54.9 Å². The van der Waals surface area contributed by atoms with Crippen molar-refractivity contribution in [3.63, 3.8) is 0 Å². The lowest BCUT2D eigenvalue weighted by molar-refractivity contribution is 0.0737. The number of benzene rings is 1. The van der Waals surface area contributed by atoms with E-state index in [1.54, 1.807) is 23.1 Å². The molecule has 0 spiro atoms. The van der Waals surface area contributed by atoms with Crippen molar-refractivity contribution in [3.05, 3.63) is 66.2 Å². The van der Waals surface area contributed by atoms with Gasteiger partial charge in [-0.1, -0.05) is 18.2 Å². The molecule has 1 amide bonds. The van der Waals surface area contributed by atoms with Crippen LogP contribution in [0.1, 0.15) is 16.2 Å². The van der Waals surface area contributed by atoms with Gasteiger partial charge in [0, 0.05) is 38.6 Å². The van der Waals surface area contributed by atoms with Crippen LogP contribution in [-0.2, 0) is 0 Å². The van der Waals surface area contributed by atoms with E-state index in [4.69, 9.17) is 0 Å². The van der Waals surface area contributed by atoms with E-state index in [1.165, 1.54) is 0 Å². The number of aryl methyl sites for hydroxylation is 1. The highest BCUT2D eigenvalue weighted by atomic mass is 16.2. The van der Waals surface area contributed by atoms with Gasteiger partial charge in [-0.25, -0.2) is 14.6 Å². The minimum atomic E-state index is 0.00285. The Bertz CT molecular complexity index is 885. The van der Waals surface area contributed by atoms with Crippen molar-refractivity contribution in [2.45, 2.75) is 6.92 Å². The number of hydrogen-bond donors (Lipinski definition) is 0. The molecule has 7 nitrogen and oxygen atoms in total. The lowest BCUT2D eigenvalue weighted by Crippen LogP contribution is -2.49. The quantitative estimate of drug-likeness (QED) is 0.724. The lowest BCUT2D eigenvalue weighted by Gasteiger charge is -2.34. The van der Waals surface area contributed by atoms with Gasteiger partial charge in [0.1, 0.15) is 5.69 Å². The van der Waals surface area contributed by atoms with E-state index in [-0.39, 0.29) is 5.91 Å². The van der Waals surface area contributed by atoms with Crippen molar-refractivity contribution in [3.8, 4) is 5.69 Å². The number of aromatic nitrogens is 4. The molecule has 0 radical (unpaired) electrons. The third kappa shape index (κ3) is 3.15. The monoisotopic (exact) mass is 348 g/mol. The van der Waals surface area contributed by atoms with Gasteiger partial charge < -0.3 is 9.80 Å². The van der Waals surface area contributed by atoms with Crippen LogP contribution >= 0.6 is 0 Å². The number of nitrogens with zero attached hydrogens (tertiary/aromatic N) is 6. The standard InChI is InChI=1S/C19H20N6O/c1-15-14-17(25(22-15)16-6-3-2-4-7-16)18(26)23-10-12-24(13-11-23)19-20-8-5-9-21-19/h2-9,14H,10-13H2,1H3. The van der Waals surface area contributed by atoms with Crippen molar-refractivity contribution in [2.75, 3.05) is 31.1 Å². The molecule has 132 valence electrons. The normalized spacial score (nSPS) is 14.5. The summed E-state index contributed by atoms with van der Waals surface area (Å²) in [5.41, 5.74) is 2.31. The fraction of sp³-hybridized carbons (Fsp3) is 0.263. The predicted octanol–water partition coefficient (Wildman–Crippen LogP) is 1.93. The molecule has 1 saturated heterocycles. The number of carbonyl (C=O) groups is 1. The fourth-order valence-corrected chi connectivity index (χ4v) is 3.14. The molecule has 1 aliphatic rings. The highest BCUT2D eigenvalue weighted by molar-refractivity contribution is 5.93. The molecule has 0 unspecified atom stereocenters. The van der Waals surface area contributed by atoms with Crippen molar-refractivity contribution in [1.29, 1.82) is 0 Å². The summed E-state index contributed by atoms with van der Waals surface area (Å²) in [5.74, 6) is 0.716. The van der Waals surface area contributed by atoms with E-state index in [1.807, 2.05) is 48.2 Å². The third-order valence-electron chi connectivity index (χ3n) is 4.45. The van der Waals surface area contributed by atoms with Crippen molar-refractivity contribution >= 4 is 11.9 Å². The average Bonchev–Trinajstić information content (AvgIpc) is 3.11. The van der Waals surface area contributed by atoms with Crippen LogP contribution in [0, 0.1) is 6.92 Å². The minimum Gasteiger partial charge on any atom is -0.337 e. The molecule has 0 saturated carbocycles. The van der Waals surface area contributed by atoms with Crippen LogP contribution in [0.25, 0.3) is 5.69 Å². The molecule has 3 aromatic rings. The molecular weight excluding hydrogens is 328 g/mol. The molecule has 0 atom stereocenters. The number of piperazine rings is 1. The minimum absolute atomic E-state index is 0.00285. The summed E-state index contributed by atoms with van der Waals surface area (Å²) in [7, 11) is 0. The van der Waals surface area contributed by atoms with E-state index < -0.39 is 0 Å². The molecule has 3 heterocycles. The molecule has 0 aliphatic carbocycles. The zero-order chi connectivity index (χ0) is 17.9. The van der Waals surface area contributed by atoms with E-state index in [2.05, 4.69) is 20.0 Å². The van der Waals surface area contributed by atoms with Gasteiger partial charge in [0.05, 0.1) is 11.4 Å². The van der Waals surface area contributed by atoms with Gasteiger partial charge >= 0.3 is 0 Å². The highest BCUT2D eigenvalue weighted by Crippen LogP contribution is 2.17. The van der Waals surface area contributed by atoms with Crippen LogP contribution in [-0.4, -0.2) is 56.7 Å². The Kier molecular flexibility index (Phi) is 4.35. The van der Waals surface area contributed by atoms with Gasteiger partial charge in [-0.15, -0.1) is 0 Å². The fourth-order valence-electron chi connectivity index (χ4n) is 3.14. The van der Waals surface area contributed by atoms with Crippen LogP contribution in [0.5, 0.6) is 0 Å². The maximum absolute atomic E-state index is 13.1. The van der Waals surface area contributed by atoms with Crippen LogP contribution in [0.3, 0.4) is 0 Å². The molecule has 1 aliphatic heterocycles. The van der Waals surface area contributed by atoms with E-state index in [0.717, 1.165) is 11.4 Å². The van der Waals surface area contributed by atoms with Gasteiger partial charge in [0.25, 0.3) is 5.91 Å². The number of carbonyl (C=O) groups excluding carboxylic acids is 1. The topological polar surface area (TPSA) is 67.2 Å². The maximum Gasteiger partial charge on any atom is 0.272 e. The Morgan fingerprint density at radius 1 is 0.962 bits per heavy atom. The van der Waals surface area contributed by atoms with Crippen LogP contribution in [0.4, 0.5) is 5.95 Å². The Morgan fingerprint density at radius 2 is 1.65 bits per heavy atom. The van der Waals surface area contributed by atoms with E-state index >= 15 is 0 Å². The predicted molar refractivity (Wildman–Crippen MR) is 98.4 cm³/mol. The smallest absolute Gasteiger partial charge is 0.272 e. The summed E-state index contributed by atoms with van der Waals surface area (Å²) < 4.78 is 1.73. The van der Waals surface area contributed by atoms with E-state index in [9.17, 15) is 4.79 Å². The Morgan fingerprint density at radius 3 is 2.35 bits per heavy atom. The van der Waals surface area contributed by atoms with Crippen molar-refractivity contribution in [2.24, 2.45) is 0 Å². The summed E-state index contributed by atoms with van der Waals surface area (Å²) in [6.45, 7) is 4.61. The van der Waals surface area contributed by atoms with Gasteiger partial charge in [0.15, 0.2) is 0 Å². The first kappa shape index (κ1) is 16.3. The molecule has 0 N–H and O–H groups in total. The molecule has 0 bridgehead atoms. The molecule has 1 aromatic carbocycles. The lowest BCUT2D eigenvalue weighted by atomic mass is 10.2.